The standard InChI is InChI=1S/C20H24ClNO4S/c1-25-15-11-12-19(26-2)20(14-15)27(23,24)22-13-7-3-4-10-18(22)16-8-5-6-9-17(16)21/h5-6,8-9,11-12,14,18H,3-4,7,10,13H2,1-2H3/t18-/m0/s1. The Bertz CT molecular complexity index is 901. The molecule has 0 amide bonds. The molecule has 2 aromatic rings. The summed E-state index contributed by atoms with van der Waals surface area (Å²) in [7, 11) is -0.827. The third-order valence-corrected chi connectivity index (χ3v) is 7.20. The zero-order chi connectivity index (χ0) is 19.4. The zero-order valence-corrected chi connectivity index (χ0v) is 17.1. The minimum Gasteiger partial charge on any atom is -0.497 e. The first-order valence-corrected chi connectivity index (χ1v) is 10.8. The van der Waals surface area contributed by atoms with E-state index in [-0.39, 0.29) is 10.9 Å². The molecule has 2 aromatic carbocycles. The van der Waals surface area contributed by atoms with Gasteiger partial charge >= 0.3 is 0 Å². The van der Waals surface area contributed by atoms with E-state index in [4.69, 9.17) is 21.1 Å². The van der Waals surface area contributed by atoms with E-state index in [1.54, 1.807) is 22.5 Å². The van der Waals surface area contributed by atoms with E-state index in [1.807, 2.05) is 18.2 Å². The van der Waals surface area contributed by atoms with Crippen molar-refractivity contribution in [2.45, 2.75) is 36.6 Å². The molecule has 0 spiro atoms. The van der Waals surface area contributed by atoms with Gasteiger partial charge in [-0.05, 0) is 36.6 Å². The average molecular weight is 410 g/mol. The molecule has 1 atom stereocenters. The van der Waals surface area contributed by atoms with Gasteiger partial charge in [-0.1, -0.05) is 42.6 Å². The number of sulfonamides is 1. The normalized spacial score (nSPS) is 18.7. The third kappa shape index (κ3) is 4.08. The van der Waals surface area contributed by atoms with Gasteiger partial charge in [-0.3, -0.25) is 0 Å². The van der Waals surface area contributed by atoms with Crippen LogP contribution in [-0.4, -0.2) is 33.5 Å². The second-order valence-corrected chi connectivity index (χ2v) is 8.79. The van der Waals surface area contributed by atoms with Gasteiger partial charge in [0.25, 0.3) is 0 Å². The third-order valence-electron chi connectivity index (χ3n) is 4.93. The van der Waals surface area contributed by atoms with Gasteiger partial charge in [0.05, 0.1) is 20.3 Å². The minimum absolute atomic E-state index is 0.114. The van der Waals surface area contributed by atoms with Crippen LogP contribution in [0.1, 0.15) is 37.3 Å². The summed E-state index contributed by atoms with van der Waals surface area (Å²) in [5.41, 5.74) is 0.839. The maximum atomic E-state index is 13.6. The Morgan fingerprint density at radius 2 is 1.81 bits per heavy atom. The molecule has 0 bridgehead atoms. The number of hydrogen-bond donors (Lipinski definition) is 0. The maximum absolute atomic E-state index is 13.6. The first kappa shape index (κ1) is 20.0. The molecule has 0 aliphatic carbocycles. The maximum Gasteiger partial charge on any atom is 0.247 e. The van der Waals surface area contributed by atoms with Crippen LogP contribution in [0, 0.1) is 0 Å². The van der Waals surface area contributed by atoms with Crippen LogP contribution in [0.3, 0.4) is 0 Å². The molecular weight excluding hydrogens is 386 g/mol. The molecule has 0 aromatic heterocycles. The van der Waals surface area contributed by atoms with Crippen molar-refractivity contribution in [2.75, 3.05) is 20.8 Å². The van der Waals surface area contributed by atoms with E-state index in [1.165, 1.54) is 20.3 Å². The van der Waals surface area contributed by atoms with Crippen LogP contribution < -0.4 is 9.47 Å². The lowest BCUT2D eigenvalue weighted by Gasteiger charge is -2.30. The predicted octanol–water partition coefficient (Wildman–Crippen LogP) is 4.66. The Kier molecular flexibility index (Phi) is 6.29. The fraction of sp³-hybridized carbons (Fsp3) is 0.400. The van der Waals surface area contributed by atoms with Crippen LogP contribution in [0.2, 0.25) is 5.02 Å². The number of halogens is 1. The number of benzene rings is 2. The quantitative estimate of drug-likeness (QED) is 0.720. The van der Waals surface area contributed by atoms with Gasteiger partial charge in [0.2, 0.25) is 10.0 Å². The Labute approximate surface area is 165 Å². The fourth-order valence-corrected chi connectivity index (χ4v) is 5.65. The molecular formula is C20H24ClNO4S. The molecule has 5 nitrogen and oxygen atoms in total. The number of hydrogen-bond acceptors (Lipinski definition) is 4. The summed E-state index contributed by atoms with van der Waals surface area (Å²) in [5.74, 6) is 0.774. The smallest absolute Gasteiger partial charge is 0.247 e. The minimum atomic E-state index is -3.81. The highest BCUT2D eigenvalue weighted by Gasteiger charge is 2.36. The molecule has 1 aliphatic rings. The second kappa shape index (κ2) is 8.50. The summed E-state index contributed by atoms with van der Waals surface area (Å²) >= 11 is 6.41. The zero-order valence-electron chi connectivity index (χ0n) is 15.5. The van der Waals surface area contributed by atoms with E-state index in [9.17, 15) is 8.42 Å². The summed E-state index contributed by atoms with van der Waals surface area (Å²) in [6.07, 6.45) is 3.49. The van der Waals surface area contributed by atoms with E-state index in [2.05, 4.69) is 0 Å². The molecule has 1 fully saturated rings. The van der Waals surface area contributed by atoms with Gasteiger partial charge < -0.3 is 9.47 Å². The van der Waals surface area contributed by atoms with Gasteiger partial charge in [0, 0.05) is 17.6 Å². The van der Waals surface area contributed by atoms with Crippen LogP contribution in [0.25, 0.3) is 0 Å². The molecule has 3 rings (SSSR count). The molecule has 0 radical (unpaired) electrons. The predicted molar refractivity (Wildman–Crippen MR) is 106 cm³/mol. The lowest BCUT2D eigenvalue weighted by Crippen LogP contribution is -2.35. The molecule has 1 saturated heterocycles. The summed E-state index contributed by atoms with van der Waals surface area (Å²) in [6.45, 7) is 0.443. The monoisotopic (exact) mass is 409 g/mol. The van der Waals surface area contributed by atoms with E-state index < -0.39 is 10.0 Å². The molecule has 27 heavy (non-hydrogen) atoms. The fourth-order valence-electron chi connectivity index (χ4n) is 3.54. The van der Waals surface area contributed by atoms with Crippen molar-refractivity contribution in [3.05, 3.63) is 53.1 Å². The highest BCUT2D eigenvalue weighted by Crippen LogP contribution is 2.40. The first-order chi connectivity index (χ1) is 13.0. The Hall–Kier alpha value is -1.76. The topological polar surface area (TPSA) is 55.8 Å². The van der Waals surface area contributed by atoms with Crippen LogP contribution in [0.15, 0.2) is 47.4 Å². The number of methoxy groups -OCH3 is 2. The Morgan fingerprint density at radius 3 is 2.52 bits per heavy atom. The van der Waals surface area contributed by atoms with Crippen molar-refractivity contribution in [1.29, 1.82) is 0 Å². The van der Waals surface area contributed by atoms with Crippen molar-refractivity contribution < 1.29 is 17.9 Å². The molecule has 1 heterocycles. The van der Waals surface area contributed by atoms with Crippen molar-refractivity contribution >= 4 is 21.6 Å². The molecule has 0 saturated carbocycles. The lowest BCUT2D eigenvalue weighted by molar-refractivity contribution is 0.325. The first-order valence-electron chi connectivity index (χ1n) is 8.97. The van der Waals surface area contributed by atoms with Gasteiger partial charge in [0.15, 0.2) is 0 Å². The van der Waals surface area contributed by atoms with E-state index >= 15 is 0 Å². The highest BCUT2D eigenvalue weighted by atomic mass is 35.5. The number of rotatable bonds is 5. The Morgan fingerprint density at radius 1 is 1.04 bits per heavy atom. The van der Waals surface area contributed by atoms with E-state index in [0.29, 0.717) is 23.1 Å². The van der Waals surface area contributed by atoms with Gasteiger partial charge in [-0.25, -0.2) is 8.42 Å². The average Bonchev–Trinajstić information content (AvgIpc) is 2.94. The molecule has 1 aliphatic heterocycles. The summed E-state index contributed by atoms with van der Waals surface area (Å²) in [6, 6.07) is 12.0. The largest absolute Gasteiger partial charge is 0.497 e. The van der Waals surface area contributed by atoms with Gasteiger partial charge in [-0.15, -0.1) is 0 Å². The van der Waals surface area contributed by atoms with Crippen molar-refractivity contribution in [3.8, 4) is 11.5 Å². The Balaban J connectivity index is 2.11. The van der Waals surface area contributed by atoms with Crippen molar-refractivity contribution in [2.24, 2.45) is 0 Å². The van der Waals surface area contributed by atoms with Crippen LogP contribution >= 0.6 is 11.6 Å². The summed E-state index contributed by atoms with van der Waals surface area (Å²) in [4.78, 5) is 0.114. The van der Waals surface area contributed by atoms with Gasteiger partial charge in [0.1, 0.15) is 16.4 Å². The van der Waals surface area contributed by atoms with Gasteiger partial charge in [-0.2, -0.15) is 4.31 Å². The number of nitrogens with zero attached hydrogens (tertiary/aromatic N) is 1. The highest BCUT2D eigenvalue weighted by molar-refractivity contribution is 7.89. The van der Waals surface area contributed by atoms with E-state index in [0.717, 1.165) is 31.2 Å². The molecule has 7 heteroatoms. The summed E-state index contributed by atoms with van der Waals surface area (Å²) < 4.78 is 39.4. The SMILES string of the molecule is COc1ccc(OC)c(S(=O)(=O)N2CCCCC[C@H]2c2ccccc2Cl)c1. The second-order valence-electron chi connectivity index (χ2n) is 6.52. The lowest BCUT2D eigenvalue weighted by atomic mass is 10.0. The molecule has 0 N–H and O–H groups in total. The van der Waals surface area contributed by atoms with Crippen molar-refractivity contribution in [3.63, 3.8) is 0 Å². The van der Waals surface area contributed by atoms with Crippen molar-refractivity contribution in [1.82, 2.24) is 4.31 Å². The van der Waals surface area contributed by atoms with Crippen LogP contribution in [0.4, 0.5) is 0 Å². The van der Waals surface area contributed by atoms with Crippen LogP contribution in [0.5, 0.6) is 11.5 Å². The molecule has 0 unspecified atom stereocenters. The van der Waals surface area contributed by atoms with Crippen LogP contribution in [-0.2, 0) is 10.0 Å². The molecule has 146 valence electrons. The number of ether oxygens (including phenoxy) is 2. The summed E-state index contributed by atoms with van der Waals surface area (Å²) in [5, 5.41) is 0.585.